The quantitative estimate of drug-likeness (QED) is 0.624. The Labute approximate surface area is 98.0 Å². The molecule has 4 heteroatoms. The highest BCUT2D eigenvalue weighted by atomic mass is 16.5. The Morgan fingerprint density at radius 1 is 1.44 bits per heavy atom. The molecule has 0 radical (unpaired) electrons. The highest BCUT2D eigenvalue weighted by molar-refractivity contribution is 4.86. The van der Waals surface area contributed by atoms with Crippen molar-refractivity contribution in [2.45, 2.75) is 44.8 Å². The number of rotatable bonds is 6. The fourth-order valence-electron chi connectivity index (χ4n) is 2.35. The molecule has 1 heterocycles. The van der Waals surface area contributed by atoms with E-state index in [-0.39, 0.29) is 5.92 Å². The molecule has 1 saturated heterocycles. The molecule has 1 fully saturated rings. The van der Waals surface area contributed by atoms with Gasteiger partial charge in [0, 0.05) is 26.2 Å². The number of likely N-dealkylation sites (N-methyl/N-ethyl adjacent to an activating group) is 1. The molecular formula is C12H25NO3. The predicted octanol–water partition coefficient (Wildman–Crippen LogP) is 0.524. The van der Waals surface area contributed by atoms with Crippen LogP contribution in [0.25, 0.3) is 0 Å². The minimum Gasteiger partial charge on any atom is -0.392 e. The van der Waals surface area contributed by atoms with Crippen LogP contribution in [0.3, 0.4) is 0 Å². The first kappa shape index (κ1) is 13.9. The van der Waals surface area contributed by atoms with Gasteiger partial charge in [0.2, 0.25) is 0 Å². The number of aliphatic hydroxyl groups excluding tert-OH is 1. The predicted molar refractivity (Wildman–Crippen MR) is 63.3 cm³/mol. The maximum Gasteiger partial charge on any atom is 0.0691 e. The zero-order chi connectivity index (χ0) is 12.0. The van der Waals surface area contributed by atoms with Crippen molar-refractivity contribution >= 4 is 0 Å². The summed E-state index contributed by atoms with van der Waals surface area (Å²) in [4.78, 5) is 0. The molecule has 96 valence electrons. The fraction of sp³-hybridized carbons (Fsp3) is 1.00. The van der Waals surface area contributed by atoms with E-state index >= 15 is 0 Å². The number of hydrogen-bond acceptors (Lipinski definition) is 4. The molecule has 4 nitrogen and oxygen atoms in total. The lowest BCUT2D eigenvalue weighted by Gasteiger charge is -2.36. The maximum atomic E-state index is 10.4. The largest absolute Gasteiger partial charge is 0.392 e. The topological polar surface area (TPSA) is 61.7 Å². The Hall–Kier alpha value is -0.160. The number of ether oxygens (including phenoxy) is 1. The Kier molecular flexibility index (Phi) is 5.69. The third-order valence-electron chi connectivity index (χ3n) is 3.38. The first-order valence-electron chi connectivity index (χ1n) is 6.25. The van der Waals surface area contributed by atoms with Gasteiger partial charge in [-0.1, -0.05) is 6.92 Å². The lowest BCUT2D eigenvalue weighted by molar-refractivity contribution is -0.0773. The van der Waals surface area contributed by atoms with Crippen LogP contribution in [0.4, 0.5) is 0 Å². The zero-order valence-corrected chi connectivity index (χ0v) is 10.4. The van der Waals surface area contributed by atoms with Crippen LogP contribution in [0.1, 0.15) is 33.1 Å². The summed E-state index contributed by atoms with van der Waals surface area (Å²) in [5, 5.41) is 23.2. The maximum absolute atomic E-state index is 10.4. The van der Waals surface area contributed by atoms with Gasteiger partial charge in [0.25, 0.3) is 0 Å². The average Bonchev–Trinajstić information content (AvgIpc) is 2.27. The Morgan fingerprint density at radius 3 is 2.62 bits per heavy atom. The summed E-state index contributed by atoms with van der Waals surface area (Å²) in [5.41, 5.74) is -0.779. The number of nitrogens with one attached hydrogen (secondary N) is 1. The van der Waals surface area contributed by atoms with E-state index in [0.29, 0.717) is 13.0 Å². The standard InChI is InChI=1S/C12H25NO3/c1-3-13-9-11(14)8-12(2,15)10-4-6-16-7-5-10/h10-11,13-15H,3-9H2,1-2H3/t11-,12+/m1/s1. The van der Waals surface area contributed by atoms with Crippen molar-refractivity contribution in [1.82, 2.24) is 5.32 Å². The van der Waals surface area contributed by atoms with Crippen molar-refractivity contribution in [2.75, 3.05) is 26.3 Å². The lowest BCUT2D eigenvalue weighted by Crippen LogP contribution is -2.43. The summed E-state index contributed by atoms with van der Waals surface area (Å²) in [6.07, 6.45) is 1.74. The van der Waals surface area contributed by atoms with E-state index in [0.717, 1.165) is 32.6 Å². The molecular weight excluding hydrogens is 206 g/mol. The fourth-order valence-corrected chi connectivity index (χ4v) is 2.35. The van der Waals surface area contributed by atoms with Gasteiger partial charge in [-0.15, -0.1) is 0 Å². The van der Waals surface area contributed by atoms with Crippen molar-refractivity contribution in [3.8, 4) is 0 Å². The highest BCUT2D eigenvalue weighted by Gasteiger charge is 2.34. The van der Waals surface area contributed by atoms with E-state index in [1.54, 1.807) is 0 Å². The van der Waals surface area contributed by atoms with Crippen LogP contribution in [-0.4, -0.2) is 48.2 Å². The summed E-state index contributed by atoms with van der Waals surface area (Å²) < 4.78 is 5.28. The molecule has 0 spiro atoms. The van der Waals surface area contributed by atoms with Gasteiger partial charge in [-0.25, -0.2) is 0 Å². The second-order valence-electron chi connectivity index (χ2n) is 4.91. The molecule has 0 aromatic heterocycles. The molecule has 3 N–H and O–H groups in total. The molecule has 0 aromatic rings. The molecule has 0 amide bonds. The molecule has 1 aliphatic rings. The Morgan fingerprint density at radius 2 is 2.06 bits per heavy atom. The van der Waals surface area contributed by atoms with E-state index in [9.17, 15) is 10.2 Å². The molecule has 0 aliphatic carbocycles. The smallest absolute Gasteiger partial charge is 0.0691 e. The summed E-state index contributed by atoms with van der Waals surface area (Å²) >= 11 is 0. The third kappa shape index (κ3) is 4.37. The van der Waals surface area contributed by atoms with Crippen LogP contribution in [0.2, 0.25) is 0 Å². The van der Waals surface area contributed by atoms with Crippen molar-refractivity contribution in [3.05, 3.63) is 0 Å². The Bertz CT molecular complexity index is 191. The highest BCUT2D eigenvalue weighted by Crippen LogP contribution is 2.30. The van der Waals surface area contributed by atoms with Crippen molar-refractivity contribution in [2.24, 2.45) is 5.92 Å². The van der Waals surface area contributed by atoms with Gasteiger partial charge in [0.05, 0.1) is 11.7 Å². The molecule has 0 unspecified atom stereocenters. The monoisotopic (exact) mass is 231 g/mol. The first-order valence-corrected chi connectivity index (χ1v) is 6.25. The molecule has 0 bridgehead atoms. The number of hydrogen-bond donors (Lipinski definition) is 3. The van der Waals surface area contributed by atoms with Crippen LogP contribution in [0.5, 0.6) is 0 Å². The van der Waals surface area contributed by atoms with Gasteiger partial charge in [0.15, 0.2) is 0 Å². The van der Waals surface area contributed by atoms with Gasteiger partial charge < -0.3 is 20.3 Å². The molecule has 1 aliphatic heterocycles. The summed E-state index contributed by atoms with van der Waals surface area (Å²) in [6, 6.07) is 0. The van der Waals surface area contributed by atoms with Gasteiger partial charge in [-0.2, -0.15) is 0 Å². The third-order valence-corrected chi connectivity index (χ3v) is 3.38. The van der Waals surface area contributed by atoms with E-state index < -0.39 is 11.7 Å². The second kappa shape index (κ2) is 6.55. The normalized spacial score (nSPS) is 24.0. The number of aliphatic hydroxyl groups is 2. The van der Waals surface area contributed by atoms with E-state index in [4.69, 9.17) is 4.74 Å². The SMILES string of the molecule is CCNC[C@H](O)C[C@](C)(O)C1CCOCC1. The molecule has 2 atom stereocenters. The molecule has 16 heavy (non-hydrogen) atoms. The van der Waals surface area contributed by atoms with Crippen LogP contribution in [0, 0.1) is 5.92 Å². The van der Waals surface area contributed by atoms with Gasteiger partial charge >= 0.3 is 0 Å². The van der Waals surface area contributed by atoms with Crippen molar-refractivity contribution in [1.29, 1.82) is 0 Å². The molecule has 0 saturated carbocycles. The van der Waals surface area contributed by atoms with Crippen molar-refractivity contribution < 1.29 is 14.9 Å². The van der Waals surface area contributed by atoms with E-state index in [1.165, 1.54) is 0 Å². The van der Waals surface area contributed by atoms with Gasteiger partial charge in [-0.3, -0.25) is 0 Å². The molecule has 1 rings (SSSR count). The first-order chi connectivity index (χ1) is 7.56. The lowest BCUT2D eigenvalue weighted by atomic mass is 9.80. The van der Waals surface area contributed by atoms with Crippen LogP contribution >= 0.6 is 0 Å². The van der Waals surface area contributed by atoms with Gasteiger partial charge in [-0.05, 0) is 32.2 Å². The van der Waals surface area contributed by atoms with Gasteiger partial charge in [0.1, 0.15) is 0 Å². The summed E-state index contributed by atoms with van der Waals surface area (Å²) in [6.45, 7) is 6.68. The molecule has 0 aromatic carbocycles. The van der Waals surface area contributed by atoms with E-state index in [1.807, 2.05) is 13.8 Å². The van der Waals surface area contributed by atoms with Crippen molar-refractivity contribution in [3.63, 3.8) is 0 Å². The van der Waals surface area contributed by atoms with Crippen LogP contribution < -0.4 is 5.32 Å². The summed E-state index contributed by atoms with van der Waals surface area (Å²) in [5.74, 6) is 0.248. The Balaban J connectivity index is 2.36. The minimum atomic E-state index is -0.779. The second-order valence-corrected chi connectivity index (χ2v) is 4.91. The minimum absolute atomic E-state index is 0.248. The zero-order valence-electron chi connectivity index (χ0n) is 10.4. The van der Waals surface area contributed by atoms with Crippen LogP contribution in [0.15, 0.2) is 0 Å². The summed E-state index contributed by atoms with van der Waals surface area (Å²) in [7, 11) is 0. The average molecular weight is 231 g/mol. The van der Waals surface area contributed by atoms with E-state index in [2.05, 4.69) is 5.32 Å². The van der Waals surface area contributed by atoms with Crippen LogP contribution in [-0.2, 0) is 4.74 Å².